The minimum Gasteiger partial charge on any atom is -0.496 e. The molecule has 2 aromatic carbocycles. The first-order valence-corrected chi connectivity index (χ1v) is 10.6. The number of likely N-dealkylation sites (N-methyl/N-ethyl adjacent to an activating group) is 1. The largest absolute Gasteiger partial charge is 0.496 e. The summed E-state index contributed by atoms with van der Waals surface area (Å²) in [6.45, 7) is 5.39. The standard InChI is InChI=1S/C24H35N5O2.HI/c1-6-25-24(29(4)18-21-11-7-8-13-22(21)31-5)27-17-19-10-9-12-20(16-19)23(30)26-14-15-28(2)3;/h7-13,16H,6,14-15,17-18H2,1-5H3,(H,25,27)(H,26,30);1H. The van der Waals surface area contributed by atoms with Crippen molar-refractivity contribution in [2.45, 2.75) is 20.0 Å². The van der Waals surface area contributed by atoms with E-state index in [1.165, 1.54) is 0 Å². The smallest absolute Gasteiger partial charge is 0.251 e. The number of para-hydroxylation sites is 1. The number of aliphatic imine (C=N–C) groups is 1. The number of nitrogens with one attached hydrogen (secondary N) is 2. The first-order chi connectivity index (χ1) is 14.9. The molecule has 0 fully saturated rings. The van der Waals surface area contributed by atoms with Gasteiger partial charge < -0.3 is 25.2 Å². The van der Waals surface area contributed by atoms with E-state index in [-0.39, 0.29) is 29.9 Å². The van der Waals surface area contributed by atoms with Gasteiger partial charge in [-0.1, -0.05) is 30.3 Å². The number of guanidine groups is 1. The lowest BCUT2D eigenvalue weighted by atomic mass is 10.1. The third kappa shape index (κ3) is 9.04. The summed E-state index contributed by atoms with van der Waals surface area (Å²) in [5.41, 5.74) is 2.73. The lowest BCUT2D eigenvalue weighted by Gasteiger charge is -2.23. The lowest BCUT2D eigenvalue weighted by molar-refractivity contribution is 0.0951. The van der Waals surface area contributed by atoms with Crippen LogP contribution in [0, 0.1) is 0 Å². The highest BCUT2D eigenvalue weighted by Gasteiger charge is 2.10. The number of carbonyl (C=O) groups is 1. The first-order valence-electron chi connectivity index (χ1n) is 10.6. The molecule has 0 aliphatic heterocycles. The van der Waals surface area contributed by atoms with Crippen LogP contribution in [0.3, 0.4) is 0 Å². The van der Waals surface area contributed by atoms with Crippen LogP contribution in [0.15, 0.2) is 53.5 Å². The van der Waals surface area contributed by atoms with Crippen molar-refractivity contribution in [3.8, 4) is 5.75 Å². The summed E-state index contributed by atoms with van der Waals surface area (Å²) in [5, 5.41) is 6.29. The zero-order chi connectivity index (χ0) is 22.6. The van der Waals surface area contributed by atoms with Crippen LogP contribution in [0.1, 0.15) is 28.4 Å². The number of hydrogen-bond donors (Lipinski definition) is 2. The molecule has 1 amide bonds. The van der Waals surface area contributed by atoms with Crippen molar-refractivity contribution in [3.63, 3.8) is 0 Å². The third-order valence-corrected chi connectivity index (χ3v) is 4.74. The van der Waals surface area contributed by atoms with Crippen LogP contribution in [0.5, 0.6) is 5.75 Å². The predicted molar refractivity (Wildman–Crippen MR) is 142 cm³/mol. The molecule has 0 aromatic heterocycles. The van der Waals surface area contributed by atoms with Crippen molar-refractivity contribution in [2.24, 2.45) is 4.99 Å². The molecule has 8 heteroatoms. The van der Waals surface area contributed by atoms with Crippen LogP contribution in [0.25, 0.3) is 0 Å². The molecule has 2 N–H and O–H groups in total. The third-order valence-electron chi connectivity index (χ3n) is 4.74. The van der Waals surface area contributed by atoms with Gasteiger partial charge in [0.05, 0.1) is 13.7 Å². The van der Waals surface area contributed by atoms with E-state index in [2.05, 4.69) is 21.6 Å². The van der Waals surface area contributed by atoms with Crippen LogP contribution in [0.2, 0.25) is 0 Å². The van der Waals surface area contributed by atoms with Gasteiger partial charge in [0.1, 0.15) is 5.75 Å². The maximum atomic E-state index is 12.4. The van der Waals surface area contributed by atoms with Gasteiger partial charge in [0.25, 0.3) is 5.91 Å². The van der Waals surface area contributed by atoms with Gasteiger partial charge in [-0.2, -0.15) is 0 Å². The number of nitrogens with zero attached hydrogens (tertiary/aromatic N) is 3. The van der Waals surface area contributed by atoms with Crippen molar-refractivity contribution in [1.29, 1.82) is 0 Å². The van der Waals surface area contributed by atoms with Crippen LogP contribution in [0.4, 0.5) is 0 Å². The molecular formula is C24H36IN5O2. The number of ether oxygens (including phenoxy) is 1. The summed E-state index contributed by atoms with van der Waals surface area (Å²) in [7, 11) is 7.65. The van der Waals surface area contributed by atoms with Crippen LogP contribution >= 0.6 is 24.0 Å². The highest BCUT2D eigenvalue weighted by Crippen LogP contribution is 2.18. The molecular weight excluding hydrogens is 517 g/mol. The van der Waals surface area contributed by atoms with Gasteiger partial charge in [0, 0.05) is 44.4 Å². The molecule has 2 rings (SSSR count). The molecule has 176 valence electrons. The summed E-state index contributed by atoms with van der Waals surface area (Å²) in [4.78, 5) is 21.3. The molecule has 0 bridgehead atoms. The van der Waals surface area contributed by atoms with E-state index in [1.54, 1.807) is 7.11 Å². The molecule has 0 radical (unpaired) electrons. The highest BCUT2D eigenvalue weighted by molar-refractivity contribution is 14.0. The zero-order valence-corrected chi connectivity index (χ0v) is 22.1. The maximum absolute atomic E-state index is 12.4. The molecule has 0 aliphatic carbocycles. The summed E-state index contributed by atoms with van der Waals surface area (Å²) in [5.74, 6) is 1.60. The molecule has 0 spiro atoms. The highest BCUT2D eigenvalue weighted by atomic mass is 127. The van der Waals surface area contributed by atoms with Gasteiger partial charge in [-0.15, -0.1) is 24.0 Å². The first kappa shape index (κ1) is 27.7. The Bertz CT molecular complexity index is 873. The monoisotopic (exact) mass is 553 g/mol. The second-order valence-electron chi connectivity index (χ2n) is 7.60. The Kier molecular flexibility index (Phi) is 12.7. The normalized spacial score (nSPS) is 11.0. The lowest BCUT2D eigenvalue weighted by Crippen LogP contribution is -2.38. The maximum Gasteiger partial charge on any atom is 0.251 e. The summed E-state index contributed by atoms with van der Waals surface area (Å²) < 4.78 is 5.46. The van der Waals surface area contributed by atoms with Crippen molar-refractivity contribution >= 4 is 35.8 Å². The van der Waals surface area contributed by atoms with E-state index >= 15 is 0 Å². The van der Waals surface area contributed by atoms with E-state index in [9.17, 15) is 4.79 Å². The molecule has 2 aromatic rings. The van der Waals surface area contributed by atoms with Gasteiger partial charge in [-0.3, -0.25) is 4.79 Å². The molecule has 0 aliphatic rings. The fourth-order valence-corrected chi connectivity index (χ4v) is 3.11. The van der Waals surface area contributed by atoms with Gasteiger partial charge in [0.2, 0.25) is 0 Å². The number of benzene rings is 2. The van der Waals surface area contributed by atoms with Crippen LogP contribution in [-0.4, -0.2) is 69.6 Å². The summed E-state index contributed by atoms with van der Waals surface area (Å²) >= 11 is 0. The van der Waals surface area contributed by atoms with Crippen molar-refractivity contribution in [2.75, 3.05) is 47.9 Å². The number of halogens is 1. The van der Waals surface area contributed by atoms with E-state index in [0.717, 1.165) is 35.9 Å². The minimum absolute atomic E-state index is 0. The Morgan fingerprint density at radius 2 is 1.81 bits per heavy atom. The Hall–Kier alpha value is -2.33. The summed E-state index contributed by atoms with van der Waals surface area (Å²) in [6, 6.07) is 15.6. The number of hydrogen-bond acceptors (Lipinski definition) is 4. The van der Waals surface area contributed by atoms with E-state index in [1.807, 2.05) is 75.4 Å². The molecule has 32 heavy (non-hydrogen) atoms. The second kappa shape index (κ2) is 14.7. The fourth-order valence-electron chi connectivity index (χ4n) is 3.11. The van der Waals surface area contributed by atoms with Gasteiger partial charge in [-0.05, 0) is 44.8 Å². The van der Waals surface area contributed by atoms with Crippen LogP contribution < -0.4 is 15.4 Å². The number of rotatable bonds is 10. The molecule has 0 saturated carbocycles. The predicted octanol–water partition coefficient (Wildman–Crippen LogP) is 3.20. The molecule has 7 nitrogen and oxygen atoms in total. The molecule has 0 unspecified atom stereocenters. The van der Waals surface area contributed by atoms with Crippen LogP contribution in [-0.2, 0) is 13.1 Å². The second-order valence-corrected chi connectivity index (χ2v) is 7.60. The molecule has 0 heterocycles. The average molecular weight is 553 g/mol. The Labute approximate surface area is 209 Å². The van der Waals surface area contributed by atoms with Crippen molar-refractivity contribution < 1.29 is 9.53 Å². The topological polar surface area (TPSA) is 69.2 Å². The quantitative estimate of drug-likeness (QED) is 0.269. The van der Waals surface area contributed by atoms with E-state index in [4.69, 9.17) is 9.73 Å². The molecule has 0 saturated heterocycles. The van der Waals surface area contributed by atoms with Crippen molar-refractivity contribution in [1.82, 2.24) is 20.4 Å². The SMILES string of the molecule is CCNC(=NCc1cccc(C(=O)NCCN(C)C)c1)N(C)Cc1ccccc1OC.I. The van der Waals surface area contributed by atoms with Gasteiger partial charge in [-0.25, -0.2) is 4.99 Å². The number of amides is 1. The van der Waals surface area contributed by atoms with Gasteiger partial charge in [0.15, 0.2) is 5.96 Å². The van der Waals surface area contributed by atoms with E-state index < -0.39 is 0 Å². The Balaban J connectivity index is 0.00000512. The average Bonchev–Trinajstić information content (AvgIpc) is 2.76. The minimum atomic E-state index is -0.0622. The Morgan fingerprint density at radius 3 is 2.50 bits per heavy atom. The number of methoxy groups -OCH3 is 1. The van der Waals surface area contributed by atoms with Gasteiger partial charge >= 0.3 is 0 Å². The fraction of sp³-hybridized carbons (Fsp3) is 0.417. The Morgan fingerprint density at radius 1 is 1.06 bits per heavy atom. The summed E-state index contributed by atoms with van der Waals surface area (Å²) in [6.07, 6.45) is 0. The molecule has 0 atom stereocenters. The van der Waals surface area contributed by atoms with E-state index in [0.29, 0.717) is 25.2 Å². The number of carbonyl (C=O) groups excluding carboxylic acids is 1. The van der Waals surface area contributed by atoms with Crippen molar-refractivity contribution in [3.05, 3.63) is 65.2 Å². The zero-order valence-electron chi connectivity index (χ0n) is 19.7.